The molecule has 0 aliphatic heterocycles. The average molecular weight is 696 g/mol. The quantitative estimate of drug-likeness (QED) is 0.155. The molecule has 0 unspecified atom stereocenters. The molecule has 0 N–H and O–H groups in total. The van der Waals surface area contributed by atoms with Gasteiger partial charge in [0.1, 0.15) is 5.78 Å². The van der Waals surface area contributed by atoms with Crippen LogP contribution in [0.25, 0.3) is 34.2 Å². The number of pyridine rings is 6. The van der Waals surface area contributed by atoms with Crippen molar-refractivity contribution in [3.8, 4) is 34.2 Å². The van der Waals surface area contributed by atoms with E-state index in [1.807, 2.05) is 124 Å². The average Bonchev–Trinajstić information content (AvgIpc) is 3.10. The molecule has 46 heavy (non-hydrogen) atoms. The minimum Gasteiger partial charge on any atom is -0.299 e. The Bertz CT molecular complexity index is 1550. The molecule has 0 radical (unpaired) electrons. The minimum atomic E-state index is -0.239. The number of rotatable bonds is 7. The van der Waals surface area contributed by atoms with E-state index in [4.69, 9.17) is 0 Å². The predicted octanol–water partition coefficient (Wildman–Crippen LogP) is 8.37. The van der Waals surface area contributed by atoms with Gasteiger partial charge in [-0.1, -0.05) is 51.1 Å². The van der Waals surface area contributed by atoms with Gasteiger partial charge in [0.15, 0.2) is 0 Å². The largest absolute Gasteiger partial charge is 0.299 e. The number of Topliss-reactive ketones (excluding diaryl/α,β-unsaturated/α-hetero) is 1. The summed E-state index contributed by atoms with van der Waals surface area (Å²) in [6.45, 7) is 5.92. The van der Waals surface area contributed by atoms with E-state index in [0.717, 1.165) is 47.0 Å². The summed E-state index contributed by atoms with van der Waals surface area (Å²) in [5.74, 6) is 0.321. The standard InChI is InChI=1S/C18H22N2O.2C10H8N2.Ru/c1-18(2,3)17(21)9-6-7-14-10-12-20-16(13-14)15-8-4-5-11-19-15;2*1-3-7-11-9(5-1)10-6-2-4-8-12-10;/h4-5,8,10-13H,6-7,9H2,1-3H3;2*1-8H;. The van der Waals surface area contributed by atoms with Crippen LogP contribution in [0.15, 0.2) is 140 Å². The van der Waals surface area contributed by atoms with Gasteiger partial charge in [-0.2, -0.15) is 0 Å². The summed E-state index contributed by atoms with van der Waals surface area (Å²) in [5.41, 5.74) is 6.39. The maximum absolute atomic E-state index is 11.9. The molecule has 0 aliphatic rings. The Morgan fingerprint density at radius 3 is 1.17 bits per heavy atom. The Hall–Kier alpha value is -4.81. The normalized spacial score (nSPS) is 10.2. The molecular formula is C38H38N6ORu. The third kappa shape index (κ3) is 11.9. The molecule has 0 saturated carbocycles. The van der Waals surface area contributed by atoms with Gasteiger partial charge in [-0.15, -0.1) is 0 Å². The molecule has 6 rings (SSSR count). The Morgan fingerprint density at radius 1 is 0.500 bits per heavy atom. The van der Waals surface area contributed by atoms with Crippen LogP contribution in [-0.2, 0) is 30.7 Å². The molecule has 234 valence electrons. The molecule has 6 aromatic heterocycles. The van der Waals surface area contributed by atoms with Gasteiger partial charge in [0.2, 0.25) is 0 Å². The molecule has 0 amide bonds. The van der Waals surface area contributed by atoms with E-state index in [2.05, 4.69) is 36.0 Å². The maximum atomic E-state index is 11.9. The van der Waals surface area contributed by atoms with Crippen molar-refractivity contribution in [2.24, 2.45) is 5.41 Å². The van der Waals surface area contributed by atoms with Crippen molar-refractivity contribution < 1.29 is 24.3 Å². The topological polar surface area (TPSA) is 94.4 Å². The molecule has 8 heteroatoms. The zero-order chi connectivity index (χ0) is 31.7. The molecule has 6 aromatic rings. The van der Waals surface area contributed by atoms with E-state index in [1.54, 1.807) is 31.0 Å². The molecule has 6 heterocycles. The minimum absolute atomic E-state index is 0. The van der Waals surface area contributed by atoms with E-state index in [-0.39, 0.29) is 24.9 Å². The summed E-state index contributed by atoms with van der Waals surface area (Å²) in [5, 5.41) is 0. The molecule has 7 nitrogen and oxygen atoms in total. The fourth-order valence-electron chi connectivity index (χ4n) is 4.17. The van der Waals surface area contributed by atoms with Crippen molar-refractivity contribution in [2.75, 3.05) is 0 Å². The summed E-state index contributed by atoms with van der Waals surface area (Å²) in [7, 11) is 0. The predicted molar refractivity (Wildman–Crippen MR) is 180 cm³/mol. The van der Waals surface area contributed by atoms with Crippen molar-refractivity contribution in [2.45, 2.75) is 40.0 Å². The Morgan fingerprint density at radius 2 is 0.848 bits per heavy atom. The first-order chi connectivity index (χ1) is 21.9. The van der Waals surface area contributed by atoms with Crippen LogP contribution in [0.2, 0.25) is 0 Å². The first-order valence-electron chi connectivity index (χ1n) is 14.9. The summed E-state index contributed by atoms with van der Waals surface area (Å²) in [6, 6.07) is 33.1. The van der Waals surface area contributed by atoms with Crippen molar-refractivity contribution >= 4 is 5.78 Å². The Kier molecular flexibility index (Phi) is 14.6. The van der Waals surface area contributed by atoms with Crippen LogP contribution in [0, 0.1) is 5.41 Å². The monoisotopic (exact) mass is 696 g/mol. The van der Waals surface area contributed by atoms with Crippen molar-refractivity contribution in [3.05, 3.63) is 146 Å². The molecule has 0 saturated heterocycles. The van der Waals surface area contributed by atoms with Crippen LogP contribution < -0.4 is 0 Å². The van der Waals surface area contributed by atoms with E-state index in [1.165, 1.54) is 5.56 Å². The molecule has 0 atom stereocenters. The van der Waals surface area contributed by atoms with Crippen molar-refractivity contribution in [1.29, 1.82) is 0 Å². The number of carbonyl (C=O) groups excluding carboxylic acids is 1. The van der Waals surface area contributed by atoms with Gasteiger partial charge in [-0.3, -0.25) is 34.7 Å². The van der Waals surface area contributed by atoms with Gasteiger partial charge in [0.05, 0.1) is 34.2 Å². The van der Waals surface area contributed by atoms with Crippen LogP contribution in [0.4, 0.5) is 0 Å². The van der Waals surface area contributed by atoms with Gasteiger partial charge in [-0.05, 0) is 91.2 Å². The Balaban J connectivity index is 0.000000197. The second-order valence-corrected chi connectivity index (χ2v) is 11.2. The zero-order valence-corrected chi connectivity index (χ0v) is 28.1. The third-order valence-electron chi connectivity index (χ3n) is 6.64. The summed E-state index contributed by atoms with van der Waals surface area (Å²) >= 11 is 0. The number of aryl methyl sites for hydroxylation is 1. The number of hydrogen-bond donors (Lipinski definition) is 0. The summed E-state index contributed by atoms with van der Waals surface area (Å²) in [6.07, 6.45) is 13.1. The number of aromatic nitrogens is 6. The SMILES string of the molecule is CC(C)(C)C(=O)CCCc1ccnc(-c2ccccn2)c1.[Ru].c1ccc(-c2ccccn2)nc1.c1ccc(-c2ccccn2)nc1. The number of nitrogens with zero attached hydrogens (tertiary/aromatic N) is 6. The zero-order valence-electron chi connectivity index (χ0n) is 26.3. The fourth-order valence-corrected chi connectivity index (χ4v) is 4.17. The van der Waals surface area contributed by atoms with Gasteiger partial charge in [0, 0.05) is 68.5 Å². The van der Waals surface area contributed by atoms with Gasteiger partial charge < -0.3 is 0 Å². The van der Waals surface area contributed by atoms with E-state index in [9.17, 15) is 4.79 Å². The first-order valence-corrected chi connectivity index (χ1v) is 14.9. The van der Waals surface area contributed by atoms with Gasteiger partial charge in [-0.25, -0.2) is 0 Å². The molecule has 0 bridgehead atoms. The van der Waals surface area contributed by atoms with Crippen LogP contribution in [0.1, 0.15) is 39.2 Å². The van der Waals surface area contributed by atoms with Crippen LogP contribution in [0.3, 0.4) is 0 Å². The maximum Gasteiger partial charge on any atom is 0.138 e. The smallest absolute Gasteiger partial charge is 0.138 e. The molecule has 0 fully saturated rings. The summed E-state index contributed by atoms with van der Waals surface area (Å²) in [4.78, 5) is 37.3. The summed E-state index contributed by atoms with van der Waals surface area (Å²) < 4.78 is 0. The van der Waals surface area contributed by atoms with Crippen molar-refractivity contribution in [3.63, 3.8) is 0 Å². The van der Waals surface area contributed by atoms with E-state index >= 15 is 0 Å². The fraction of sp³-hybridized carbons (Fsp3) is 0.184. The number of ketones is 1. The second-order valence-electron chi connectivity index (χ2n) is 11.2. The van der Waals surface area contributed by atoms with Crippen LogP contribution in [0.5, 0.6) is 0 Å². The Labute approximate surface area is 284 Å². The molecular weight excluding hydrogens is 658 g/mol. The van der Waals surface area contributed by atoms with Crippen LogP contribution in [-0.4, -0.2) is 35.7 Å². The second kappa shape index (κ2) is 18.9. The molecule has 0 spiro atoms. The molecule has 0 aliphatic carbocycles. The first kappa shape index (κ1) is 35.7. The van der Waals surface area contributed by atoms with Gasteiger partial charge in [0.25, 0.3) is 0 Å². The van der Waals surface area contributed by atoms with Gasteiger partial charge >= 0.3 is 0 Å². The van der Waals surface area contributed by atoms with Crippen LogP contribution >= 0.6 is 0 Å². The number of carbonyl (C=O) groups is 1. The molecule has 0 aromatic carbocycles. The number of hydrogen-bond acceptors (Lipinski definition) is 7. The van der Waals surface area contributed by atoms with E-state index < -0.39 is 0 Å². The third-order valence-corrected chi connectivity index (χ3v) is 6.64. The van der Waals surface area contributed by atoms with Crippen molar-refractivity contribution in [1.82, 2.24) is 29.9 Å². The van der Waals surface area contributed by atoms with E-state index in [0.29, 0.717) is 12.2 Å².